The Morgan fingerprint density at radius 3 is 2.18 bits per heavy atom. The van der Waals surface area contributed by atoms with E-state index < -0.39 is 11.1 Å². The van der Waals surface area contributed by atoms with E-state index in [-0.39, 0.29) is 0 Å². The van der Waals surface area contributed by atoms with Gasteiger partial charge in [0.2, 0.25) is 0 Å². The molecule has 0 radical (unpaired) electrons. The summed E-state index contributed by atoms with van der Waals surface area (Å²) in [5.41, 5.74) is 10.3. The van der Waals surface area contributed by atoms with Gasteiger partial charge in [-0.3, -0.25) is 0 Å². The molecule has 0 aromatic rings. The lowest BCUT2D eigenvalue weighted by molar-refractivity contribution is -0.120. The summed E-state index contributed by atoms with van der Waals surface area (Å²) in [5.74, 6) is 0. The average Bonchev–Trinajstić information content (AvgIpc) is 1.95. The lowest BCUT2D eigenvalue weighted by Crippen LogP contribution is -2.63. The maximum atomic E-state index is 10.7. The fourth-order valence-corrected chi connectivity index (χ4v) is 1.60. The summed E-state index contributed by atoms with van der Waals surface area (Å²) in [6.07, 6.45) is 4.58. The number of rotatable bonds is 1. The highest BCUT2D eigenvalue weighted by atomic mass is 16.1. The summed E-state index contributed by atoms with van der Waals surface area (Å²) in [5, 5.41) is 0. The molecular formula is C8H16N2O. The van der Waals surface area contributed by atoms with Crippen LogP contribution in [0.15, 0.2) is 0 Å². The zero-order chi connectivity index (χ0) is 8.54. The smallest absolute Gasteiger partial charge is 0.129 e. The van der Waals surface area contributed by atoms with Gasteiger partial charge in [-0.2, -0.15) is 0 Å². The molecule has 0 heterocycles. The summed E-state index contributed by atoms with van der Waals surface area (Å²) >= 11 is 0. The molecular weight excluding hydrogens is 140 g/mol. The van der Waals surface area contributed by atoms with Gasteiger partial charge in [0.15, 0.2) is 0 Å². The highest BCUT2D eigenvalue weighted by Crippen LogP contribution is 2.37. The Kier molecular flexibility index (Phi) is 2.03. The van der Waals surface area contributed by atoms with Crippen molar-refractivity contribution in [2.24, 2.45) is 16.9 Å². The Hall–Kier alpha value is -0.410. The van der Waals surface area contributed by atoms with E-state index in [1.54, 1.807) is 0 Å². The topological polar surface area (TPSA) is 69.1 Å². The van der Waals surface area contributed by atoms with Crippen molar-refractivity contribution in [2.75, 3.05) is 0 Å². The minimum atomic E-state index is -0.785. The van der Waals surface area contributed by atoms with Gasteiger partial charge < -0.3 is 16.3 Å². The van der Waals surface area contributed by atoms with Crippen LogP contribution in [0, 0.1) is 5.41 Å². The number of carbonyl (C=O) groups excluding carboxylic acids is 1. The molecule has 0 saturated heterocycles. The van der Waals surface area contributed by atoms with E-state index >= 15 is 0 Å². The molecule has 3 nitrogen and oxygen atoms in total. The molecule has 0 spiro atoms. The second-order valence-corrected chi connectivity index (χ2v) is 3.78. The average molecular weight is 156 g/mol. The van der Waals surface area contributed by atoms with Gasteiger partial charge in [0.1, 0.15) is 6.29 Å². The van der Waals surface area contributed by atoms with Gasteiger partial charge in [0.05, 0.1) is 11.1 Å². The van der Waals surface area contributed by atoms with Crippen molar-refractivity contribution in [2.45, 2.75) is 38.3 Å². The number of aldehydes is 1. The lowest BCUT2D eigenvalue weighted by atomic mass is 9.69. The van der Waals surface area contributed by atoms with Crippen molar-refractivity contribution in [1.29, 1.82) is 0 Å². The molecule has 3 heteroatoms. The number of hydrogen-bond donors (Lipinski definition) is 2. The maximum Gasteiger partial charge on any atom is 0.129 e. The van der Waals surface area contributed by atoms with Crippen molar-refractivity contribution in [1.82, 2.24) is 0 Å². The Morgan fingerprint density at radius 2 is 1.82 bits per heavy atom. The van der Waals surface area contributed by atoms with Gasteiger partial charge in [0, 0.05) is 0 Å². The Morgan fingerprint density at radius 1 is 1.27 bits per heavy atom. The summed E-state index contributed by atoms with van der Waals surface area (Å²) in [6.45, 7) is 1.85. The minimum Gasteiger partial charge on any atom is -0.313 e. The van der Waals surface area contributed by atoms with Crippen LogP contribution in [0.2, 0.25) is 0 Å². The van der Waals surface area contributed by atoms with Gasteiger partial charge in [-0.25, -0.2) is 0 Å². The number of carbonyl (C=O) groups is 1. The van der Waals surface area contributed by atoms with Crippen molar-refractivity contribution < 1.29 is 4.79 Å². The van der Waals surface area contributed by atoms with Crippen LogP contribution in [0.4, 0.5) is 0 Å². The van der Waals surface area contributed by atoms with Gasteiger partial charge >= 0.3 is 0 Å². The molecule has 1 aliphatic carbocycles. The quantitative estimate of drug-likeness (QED) is 0.426. The predicted molar refractivity (Wildman–Crippen MR) is 43.7 cm³/mol. The molecule has 0 aromatic heterocycles. The molecule has 1 saturated carbocycles. The van der Waals surface area contributed by atoms with Crippen LogP contribution in [0.25, 0.3) is 0 Å². The van der Waals surface area contributed by atoms with Crippen molar-refractivity contribution in [3.63, 3.8) is 0 Å². The minimum absolute atomic E-state index is 0.509. The summed E-state index contributed by atoms with van der Waals surface area (Å²) in [4.78, 5) is 10.7. The van der Waals surface area contributed by atoms with E-state index in [1.807, 2.05) is 6.92 Å². The normalized spacial score (nSPS) is 36.6. The van der Waals surface area contributed by atoms with E-state index in [2.05, 4.69) is 0 Å². The van der Waals surface area contributed by atoms with Gasteiger partial charge in [0.25, 0.3) is 0 Å². The molecule has 1 unspecified atom stereocenters. The van der Waals surface area contributed by atoms with Crippen LogP contribution in [0.3, 0.4) is 0 Å². The third kappa shape index (κ3) is 1.30. The van der Waals surface area contributed by atoms with E-state index in [4.69, 9.17) is 11.5 Å². The maximum absolute atomic E-state index is 10.7. The largest absolute Gasteiger partial charge is 0.313 e. The SMILES string of the molecule is CC1(C=O)CCCCC1(N)N. The highest BCUT2D eigenvalue weighted by Gasteiger charge is 2.43. The monoisotopic (exact) mass is 156 g/mol. The second-order valence-electron chi connectivity index (χ2n) is 3.78. The first kappa shape index (κ1) is 8.68. The zero-order valence-electron chi connectivity index (χ0n) is 6.97. The fraction of sp³-hybridized carbons (Fsp3) is 0.875. The van der Waals surface area contributed by atoms with Crippen LogP contribution in [-0.2, 0) is 4.79 Å². The third-order valence-corrected chi connectivity index (χ3v) is 2.86. The fourth-order valence-electron chi connectivity index (χ4n) is 1.60. The summed E-state index contributed by atoms with van der Waals surface area (Å²) in [6, 6.07) is 0. The zero-order valence-corrected chi connectivity index (χ0v) is 6.97. The molecule has 4 N–H and O–H groups in total. The van der Waals surface area contributed by atoms with Crippen molar-refractivity contribution in [3.8, 4) is 0 Å². The third-order valence-electron chi connectivity index (χ3n) is 2.86. The second kappa shape index (κ2) is 2.57. The molecule has 1 fully saturated rings. The first-order valence-electron chi connectivity index (χ1n) is 4.06. The van der Waals surface area contributed by atoms with Crippen molar-refractivity contribution >= 4 is 6.29 Å². The molecule has 0 aliphatic heterocycles. The van der Waals surface area contributed by atoms with Crippen molar-refractivity contribution in [3.05, 3.63) is 0 Å². The highest BCUT2D eigenvalue weighted by molar-refractivity contribution is 5.61. The first-order valence-corrected chi connectivity index (χ1v) is 4.06. The van der Waals surface area contributed by atoms with Crippen LogP contribution in [0.1, 0.15) is 32.6 Å². The predicted octanol–water partition coefficient (Wildman–Crippen LogP) is 0.379. The molecule has 0 aromatic carbocycles. The molecule has 1 rings (SSSR count). The molecule has 11 heavy (non-hydrogen) atoms. The molecule has 0 bridgehead atoms. The van der Waals surface area contributed by atoms with Crippen LogP contribution in [-0.4, -0.2) is 11.9 Å². The summed E-state index contributed by atoms with van der Waals surface area (Å²) in [7, 11) is 0. The molecule has 64 valence electrons. The summed E-state index contributed by atoms with van der Waals surface area (Å²) < 4.78 is 0. The number of hydrogen-bond acceptors (Lipinski definition) is 3. The molecule has 1 aliphatic rings. The lowest BCUT2D eigenvalue weighted by Gasteiger charge is -2.43. The standard InChI is InChI=1S/C8H16N2O/c1-7(6-11)4-2-3-5-8(7,9)10/h6H,2-5,9-10H2,1H3. The van der Waals surface area contributed by atoms with E-state index in [1.165, 1.54) is 0 Å². The van der Waals surface area contributed by atoms with Gasteiger partial charge in [-0.15, -0.1) is 0 Å². The molecule has 0 amide bonds. The molecule has 1 atom stereocenters. The van der Waals surface area contributed by atoms with E-state index in [0.717, 1.165) is 32.0 Å². The van der Waals surface area contributed by atoms with Gasteiger partial charge in [-0.05, 0) is 19.8 Å². The Balaban J connectivity index is 2.82. The first-order chi connectivity index (χ1) is 5.02. The van der Waals surface area contributed by atoms with E-state index in [0.29, 0.717) is 0 Å². The van der Waals surface area contributed by atoms with Crippen LogP contribution >= 0.6 is 0 Å². The van der Waals surface area contributed by atoms with Crippen LogP contribution in [0.5, 0.6) is 0 Å². The Labute approximate surface area is 67.1 Å². The number of nitrogens with two attached hydrogens (primary N) is 2. The van der Waals surface area contributed by atoms with Crippen LogP contribution < -0.4 is 11.5 Å². The van der Waals surface area contributed by atoms with E-state index in [9.17, 15) is 4.79 Å². The Bertz CT molecular complexity index is 167. The van der Waals surface area contributed by atoms with Gasteiger partial charge in [-0.1, -0.05) is 12.8 Å².